The molecule has 0 aliphatic rings. The third-order valence-electron chi connectivity index (χ3n) is 4.38. The number of carbonyl (C=O) groups excluding carboxylic acids is 1. The first-order valence-electron chi connectivity index (χ1n) is 9.03. The quantitative estimate of drug-likeness (QED) is 0.503. The number of anilines is 1. The number of methoxy groups -OCH3 is 1. The molecule has 1 aromatic heterocycles. The Bertz CT molecular complexity index is 950. The largest absolute Gasteiger partial charge is 0.383 e. The van der Waals surface area contributed by atoms with Gasteiger partial charge in [-0.25, -0.2) is 9.83 Å². The van der Waals surface area contributed by atoms with E-state index in [9.17, 15) is 10.1 Å². The molecule has 2 rings (SSSR count). The lowest BCUT2D eigenvalue weighted by Gasteiger charge is -2.23. The van der Waals surface area contributed by atoms with Crippen molar-refractivity contribution in [2.75, 3.05) is 32.2 Å². The minimum Gasteiger partial charge on any atom is -0.383 e. The Balaban J connectivity index is 2.62. The molecule has 1 amide bonds. The molecule has 0 aliphatic carbocycles. The summed E-state index contributed by atoms with van der Waals surface area (Å²) in [6.45, 7) is 10.5. The van der Waals surface area contributed by atoms with E-state index < -0.39 is 11.2 Å². The average Bonchev–Trinajstić information content (AvgIpc) is 2.74. The van der Waals surface area contributed by atoms with E-state index >= 15 is 0 Å². The van der Waals surface area contributed by atoms with Gasteiger partial charge in [0.05, 0.1) is 18.7 Å². The lowest BCUT2D eigenvalue weighted by atomic mass is 10.1. The highest BCUT2D eigenvalue weighted by Gasteiger charge is 2.26. The molecule has 2 N–H and O–H groups in total. The maximum absolute atomic E-state index is 12.2. The van der Waals surface area contributed by atoms with Crippen LogP contribution in [0.2, 0.25) is 0 Å². The van der Waals surface area contributed by atoms with Crippen molar-refractivity contribution >= 4 is 29.2 Å². The maximum atomic E-state index is 12.2. The fraction of sp³-hybridized carbons (Fsp3) is 0.333. The van der Waals surface area contributed by atoms with Gasteiger partial charge in [0.2, 0.25) is 11.6 Å². The summed E-state index contributed by atoms with van der Waals surface area (Å²) in [7, 11) is 3.42. The third-order valence-corrected chi connectivity index (χ3v) is 5.64. The van der Waals surface area contributed by atoms with Crippen molar-refractivity contribution in [3.63, 3.8) is 0 Å². The van der Waals surface area contributed by atoms with Gasteiger partial charge in [0.1, 0.15) is 22.2 Å². The Labute approximate surface area is 175 Å². The first-order chi connectivity index (χ1) is 14.0. The molecule has 0 radical (unpaired) electrons. The number of hydrogen-bond donors (Lipinski definition) is 1. The Kier molecular flexibility index (Phi) is 8.02. The van der Waals surface area contributed by atoms with Gasteiger partial charge in [-0.15, -0.1) is 0 Å². The monoisotopic (exact) mass is 409 g/mol. The SMILES string of the molecule is [C-]#[N+]c1c(N(C)CCOC)nc(SC(C(N)=O)c2ccccc2)c(C#N)c1CC. The molecule has 1 unspecified atom stereocenters. The highest BCUT2D eigenvalue weighted by Crippen LogP contribution is 2.42. The molecular weight excluding hydrogens is 386 g/mol. The van der Waals surface area contributed by atoms with E-state index in [-0.39, 0.29) is 0 Å². The van der Waals surface area contributed by atoms with Crippen LogP contribution in [0.4, 0.5) is 11.5 Å². The van der Waals surface area contributed by atoms with Crippen LogP contribution in [-0.2, 0) is 16.0 Å². The molecular formula is C21H23N5O2S. The van der Waals surface area contributed by atoms with Crippen molar-refractivity contribution in [1.82, 2.24) is 4.98 Å². The molecule has 0 saturated heterocycles. The number of primary amides is 1. The number of pyridine rings is 1. The van der Waals surface area contributed by atoms with Crippen LogP contribution in [-0.4, -0.2) is 38.2 Å². The first kappa shape index (κ1) is 22.2. The molecule has 0 fully saturated rings. The average molecular weight is 410 g/mol. The van der Waals surface area contributed by atoms with Crippen LogP contribution >= 0.6 is 11.8 Å². The number of carbonyl (C=O) groups is 1. The smallest absolute Gasteiger partial charge is 0.235 e. The number of rotatable bonds is 9. The normalized spacial score (nSPS) is 11.3. The summed E-state index contributed by atoms with van der Waals surface area (Å²) in [5, 5.41) is 9.48. The number of ether oxygens (including phenoxy) is 1. The number of nitriles is 1. The van der Waals surface area contributed by atoms with Crippen LogP contribution in [0.25, 0.3) is 4.85 Å². The molecule has 1 aromatic carbocycles. The van der Waals surface area contributed by atoms with Crippen LogP contribution in [0.3, 0.4) is 0 Å². The van der Waals surface area contributed by atoms with Crippen LogP contribution in [0, 0.1) is 17.9 Å². The predicted octanol–water partition coefficient (Wildman–Crippen LogP) is 3.47. The number of nitrogens with two attached hydrogens (primary N) is 1. The fourth-order valence-electron chi connectivity index (χ4n) is 2.88. The number of likely N-dealkylation sites (N-methyl/N-ethyl adjacent to an activating group) is 1. The van der Waals surface area contributed by atoms with Crippen LogP contribution in [0.15, 0.2) is 35.4 Å². The number of aromatic nitrogens is 1. The van der Waals surface area contributed by atoms with Crippen molar-refractivity contribution < 1.29 is 9.53 Å². The fourth-order valence-corrected chi connectivity index (χ4v) is 3.94. The van der Waals surface area contributed by atoms with E-state index in [1.54, 1.807) is 7.11 Å². The summed E-state index contributed by atoms with van der Waals surface area (Å²) in [6.07, 6.45) is 0.494. The zero-order valence-electron chi connectivity index (χ0n) is 16.7. The lowest BCUT2D eigenvalue weighted by Crippen LogP contribution is -2.24. The summed E-state index contributed by atoms with van der Waals surface area (Å²) in [4.78, 5) is 22.2. The molecule has 7 nitrogen and oxygen atoms in total. The molecule has 8 heteroatoms. The van der Waals surface area contributed by atoms with E-state index in [0.717, 1.165) is 17.3 Å². The molecule has 1 heterocycles. The van der Waals surface area contributed by atoms with Gasteiger partial charge in [-0.1, -0.05) is 49.0 Å². The number of benzene rings is 1. The molecule has 1 atom stereocenters. The molecule has 2 aromatic rings. The molecule has 29 heavy (non-hydrogen) atoms. The van der Waals surface area contributed by atoms with Crippen molar-refractivity contribution in [3.8, 4) is 6.07 Å². The number of nitrogens with zero attached hydrogens (tertiary/aromatic N) is 4. The van der Waals surface area contributed by atoms with Crippen LogP contribution < -0.4 is 10.6 Å². The molecule has 0 spiro atoms. The molecule has 150 valence electrons. The zero-order valence-corrected chi connectivity index (χ0v) is 17.5. The van der Waals surface area contributed by atoms with Gasteiger partial charge in [0.15, 0.2) is 0 Å². The Morgan fingerprint density at radius 2 is 2.14 bits per heavy atom. The van der Waals surface area contributed by atoms with Gasteiger partial charge in [-0.2, -0.15) is 5.26 Å². The second-order valence-electron chi connectivity index (χ2n) is 6.25. The standard InChI is InChI=1S/C21H23N5O2S/c1-5-15-16(13-22)21(25-20(17(15)24-2)26(3)11-12-28-4)29-18(19(23)27)14-9-7-6-8-10-14/h6-10,18H,5,11-12H2,1,3-4H3,(H2,23,27). The van der Waals surface area contributed by atoms with Gasteiger partial charge in [-0.05, 0) is 17.5 Å². The Morgan fingerprint density at radius 3 is 2.66 bits per heavy atom. The van der Waals surface area contributed by atoms with Gasteiger partial charge >= 0.3 is 0 Å². The Hall–Kier alpha value is -3.07. The number of amides is 1. The Morgan fingerprint density at radius 1 is 1.45 bits per heavy atom. The van der Waals surface area contributed by atoms with E-state index in [1.807, 2.05) is 49.2 Å². The summed E-state index contributed by atoms with van der Waals surface area (Å²) in [5.74, 6) is -0.0554. The number of thioether (sulfide) groups is 1. The van der Waals surface area contributed by atoms with E-state index in [1.165, 1.54) is 0 Å². The number of hydrogen-bond acceptors (Lipinski definition) is 6. The van der Waals surface area contributed by atoms with Crippen LogP contribution in [0.5, 0.6) is 0 Å². The van der Waals surface area contributed by atoms with E-state index in [0.29, 0.717) is 47.2 Å². The highest BCUT2D eigenvalue weighted by atomic mass is 32.2. The zero-order chi connectivity index (χ0) is 21.4. The lowest BCUT2D eigenvalue weighted by molar-refractivity contribution is -0.117. The summed E-state index contributed by atoms with van der Waals surface area (Å²) < 4.78 is 5.13. The van der Waals surface area contributed by atoms with Crippen molar-refractivity contribution in [2.45, 2.75) is 23.6 Å². The van der Waals surface area contributed by atoms with Gasteiger partial charge in [0.25, 0.3) is 0 Å². The van der Waals surface area contributed by atoms with Gasteiger partial charge < -0.3 is 15.4 Å². The van der Waals surface area contributed by atoms with Crippen molar-refractivity contribution in [1.29, 1.82) is 5.26 Å². The predicted molar refractivity (Wildman–Crippen MR) is 114 cm³/mol. The maximum Gasteiger partial charge on any atom is 0.235 e. The van der Waals surface area contributed by atoms with Crippen molar-refractivity contribution in [2.24, 2.45) is 5.73 Å². The van der Waals surface area contributed by atoms with Gasteiger partial charge in [0, 0.05) is 20.7 Å². The second-order valence-corrected chi connectivity index (χ2v) is 7.34. The summed E-state index contributed by atoms with van der Waals surface area (Å²) in [6, 6.07) is 11.3. The second kappa shape index (κ2) is 10.5. The summed E-state index contributed by atoms with van der Waals surface area (Å²) in [5.41, 5.74) is 7.67. The highest BCUT2D eigenvalue weighted by molar-refractivity contribution is 8.00. The minimum atomic E-state index is -0.698. The van der Waals surface area contributed by atoms with E-state index in [2.05, 4.69) is 15.9 Å². The summed E-state index contributed by atoms with van der Waals surface area (Å²) >= 11 is 1.14. The first-order valence-corrected chi connectivity index (χ1v) is 9.91. The van der Waals surface area contributed by atoms with E-state index in [4.69, 9.17) is 17.0 Å². The molecule has 0 bridgehead atoms. The molecule has 0 aliphatic heterocycles. The van der Waals surface area contributed by atoms with Crippen molar-refractivity contribution in [3.05, 3.63) is 58.4 Å². The topological polar surface area (TPSA) is 96.6 Å². The third kappa shape index (κ3) is 5.05. The molecule has 0 saturated carbocycles. The minimum absolute atomic E-state index is 0.314. The van der Waals surface area contributed by atoms with Crippen LogP contribution in [0.1, 0.15) is 28.9 Å². The van der Waals surface area contributed by atoms with Gasteiger partial charge in [-0.3, -0.25) is 4.79 Å².